The van der Waals surface area contributed by atoms with Crippen molar-refractivity contribution in [3.63, 3.8) is 0 Å². The van der Waals surface area contributed by atoms with Crippen molar-refractivity contribution < 1.29 is 32.3 Å². The van der Waals surface area contributed by atoms with Crippen LogP contribution in [-0.4, -0.2) is 53.4 Å². The predicted molar refractivity (Wildman–Crippen MR) is 130 cm³/mol. The summed E-state index contributed by atoms with van der Waals surface area (Å²) in [6, 6.07) is 7.69. The number of aliphatic imine (C=N–C) groups is 1. The zero-order valence-corrected chi connectivity index (χ0v) is 20.3. The van der Waals surface area contributed by atoms with Gasteiger partial charge in [0.25, 0.3) is 11.8 Å². The fourth-order valence-corrected chi connectivity index (χ4v) is 4.22. The molecule has 2 unspecified atom stereocenters. The number of benzene rings is 2. The summed E-state index contributed by atoms with van der Waals surface area (Å²) in [6.45, 7) is 3.49. The van der Waals surface area contributed by atoms with E-state index >= 15 is 0 Å². The Morgan fingerprint density at radius 3 is 2.41 bits per heavy atom. The number of carbonyl (C=O) groups is 2. The van der Waals surface area contributed by atoms with Gasteiger partial charge in [-0.1, -0.05) is 25.1 Å². The summed E-state index contributed by atoms with van der Waals surface area (Å²) in [5, 5.41) is 12.5. The van der Waals surface area contributed by atoms with Gasteiger partial charge >= 0.3 is 6.18 Å². The van der Waals surface area contributed by atoms with Crippen molar-refractivity contribution in [3.8, 4) is 0 Å². The summed E-state index contributed by atoms with van der Waals surface area (Å²) in [7, 11) is 0. The molecule has 11 heteroatoms. The Balaban J connectivity index is 2.17. The normalized spacial score (nSPS) is 20.8. The minimum atomic E-state index is -4.66. The number of carbonyl (C=O) groups excluding carboxylic acids is 2. The van der Waals surface area contributed by atoms with E-state index in [1.807, 2.05) is 6.92 Å². The van der Waals surface area contributed by atoms with Crippen LogP contribution in [0.25, 0.3) is 0 Å². The number of aliphatic hydroxyl groups excluding tert-OH is 1. The van der Waals surface area contributed by atoms with Crippen LogP contribution in [0.5, 0.6) is 0 Å². The number of likely N-dealkylation sites (tertiary alicyclic amines) is 1. The van der Waals surface area contributed by atoms with Gasteiger partial charge < -0.3 is 16.2 Å². The summed E-state index contributed by atoms with van der Waals surface area (Å²) in [6.07, 6.45) is -4.01. The summed E-state index contributed by atoms with van der Waals surface area (Å²) in [5.41, 5.74) is 5.56. The van der Waals surface area contributed by atoms with Crippen molar-refractivity contribution in [1.29, 1.82) is 0 Å². The lowest BCUT2D eigenvalue weighted by Crippen LogP contribution is -2.59. The van der Waals surface area contributed by atoms with Crippen molar-refractivity contribution >= 4 is 17.6 Å². The number of nitrogens with two attached hydrogens (primary N) is 1. The molecule has 0 bridgehead atoms. The average molecular weight is 521 g/mol. The number of amides is 2. The molecule has 1 fully saturated rings. The number of nitrogens with zero attached hydrogens (tertiary/aromatic N) is 2. The molecule has 0 aliphatic carbocycles. The highest BCUT2D eigenvalue weighted by molar-refractivity contribution is 6.15. The molecule has 0 radical (unpaired) electrons. The van der Waals surface area contributed by atoms with E-state index in [2.05, 4.69) is 10.3 Å². The third-order valence-corrected chi connectivity index (χ3v) is 5.96. The molecule has 2 aromatic rings. The third-order valence-electron chi connectivity index (χ3n) is 5.96. The van der Waals surface area contributed by atoms with Crippen LogP contribution in [-0.2, 0) is 11.0 Å². The average Bonchev–Trinajstić information content (AvgIpc) is 2.88. The summed E-state index contributed by atoms with van der Waals surface area (Å²) in [5.74, 6) is -2.79. The van der Waals surface area contributed by atoms with Gasteiger partial charge in [0.15, 0.2) is 0 Å². The highest BCUT2D eigenvalue weighted by Crippen LogP contribution is 2.37. The van der Waals surface area contributed by atoms with Crippen molar-refractivity contribution in [2.24, 2.45) is 10.7 Å². The van der Waals surface area contributed by atoms with E-state index in [1.54, 1.807) is 6.92 Å². The molecule has 0 spiro atoms. The van der Waals surface area contributed by atoms with Crippen molar-refractivity contribution in [1.82, 2.24) is 10.2 Å². The van der Waals surface area contributed by atoms with Crippen LogP contribution in [0.1, 0.15) is 47.7 Å². The molecule has 2 aromatic carbocycles. The Hall–Kier alpha value is -3.73. The van der Waals surface area contributed by atoms with Gasteiger partial charge in [-0.2, -0.15) is 13.2 Å². The van der Waals surface area contributed by atoms with Gasteiger partial charge in [0.1, 0.15) is 17.7 Å². The van der Waals surface area contributed by atoms with Gasteiger partial charge in [0.05, 0.1) is 12.2 Å². The van der Waals surface area contributed by atoms with Crippen molar-refractivity contribution in [3.05, 3.63) is 82.3 Å². The lowest BCUT2D eigenvalue weighted by atomic mass is 9.78. The first-order chi connectivity index (χ1) is 17.5. The highest BCUT2D eigenvalue weighted by atomic mass is 19.4. The zero-order chi connectivity index (χ0) is 27.3. The van der Waals surface area contributed by atoms with Gasteiger partial charge in [0, 0.05) is 35.8 Å². The highest BCUT2D eigenvalue weighted by Gasteiger charge is 2.45. The van der Waals surface area contributed by atoms with Crippen LogP contribution in [0.3, 0.4) is 0 Å². The predicted octanol–water partition coefficient (Wildman–Crippen LogP) is 3.60. The van der Waals surface area contributed by atoms with E-state index in [-0.39, 0.29) is 29.2 Å². The molecule has 2 atom stereocenters. The lowest BCUT2D eigenvalue weighted by Gasteiger charge is -2.41. The standard InChI is InChI=1S/C26H28F4N4O3/c1-3-12-32-23-21(19(31)14-35)20(15-8-10-18(27)11-9-15)22(25(37)34(23)4-2)33-24(36)16-6-5-7-17(13-16)26(28,29)30/h5-11,13,20,22,35H,3-4,12,14,31H2,1-2H3,(H,33,36)/b21-19-,32-23?. The molecule has 7 nitrogen and oxygen atoms in total. The molecule has 1 heterocycles. The number of alkyl halides is 3. The maximum absolute atomic E-state index is 13.7. The van der Waals surface area contributed by atoms with Crippen LogP contribution in [0.2, 0.25) is 0 Å². The second-order valence-corrected chi connectivity index (χ2v) is 8.44. The summed E-state index contributed by atoms with van der Waals surface area (Å²) in [4.78, 5) is 32.6. The van der Waals surface area contributed by atoms with Crippen LogP contribution in [0.15, 0.2) is 64.8 Å². The molecule has 1 saturated heterocycles. The maximum Gasteiger partial charge on any atom is 0.416 e. The minimum Gasteiger partial charge on any atom is -0.400 e. The van der Waals surface area contributed by atoms with E-state index in [1.165, 1.54) is 35.2 Å². The van der Waals surface area contributed by atoms with E-state index in [0.29, 0.717) is 24.6 Å². The molecule has 0 saturated carbocycles. The van der Waals surface area contributed by atoms with Crippen LogP contribution in [0.4, 0.5) is 17.6 Å². The minimum absolute atomic E-state index is 0.00607. The SMILES string of the molecule is CCCN=C1/C(=C(\N)CO)C(c2ccc(F)cc2)C(NC(=O)c2cccc(C(F)(F)F)c2)C(=O)N1CC. The topological polar surface area (TPSA) is 108 Å². The van der Waals surface area contributed by atoms with Gasteiger partial charge in [-0.25, -0.2) is 4.39 Å². The number of piperidine rings is 1. The fourth-order valence-electron chi connectivity index (χ4n) is 4.22. The molecule has 4 N–H and O–H groups in total. The first kappa shape index (κ1) is 27.9. The molecule has 37 heavy (non-hydrogen) atoms. The number of halogens is 4. The van der Waals surface area contributed by atoms with Gasteiger partial charge in [-0.3, -0.25) is 19.5 Å². The van der Waals surface area contributed by atoms with Gasteiger partial charge in [-0.15, -0.1) is 0 Å². The zero-order valence-electron chi connectivity index (χ0n) is 20.3. The monoisotopic (exact) mass is 520 g/mol. The van der Waals surface area contributed by atoms with E-state index in [9.17, 15) is 32.3 Å². The number of rotatable bonds is 7. The lowest BCUT2D eigenvalue weighted by molar-refractivity contribution is -0.137. The molecule has 3 rings (SSSR count). The Labute approximate surface area is 211 Å². The quantitative estimate of drug-likeness (QED) is 0.485. The van der Waals surface area contributed by atoms with E-state index in [4.69, 9.17) is 5.73 Å². The number of likely N-dealkylation sites (N-methyl/N-ethyl adjacent to an activating group) is 1. The molecular weight excluding hydrogens is 492 g/mol. The van der Waals surface area contributed by atoms with Gasteiger partial charge in [-0.05, 0) is 49.2 Å². The number of hydrogen-bond donors (Lipinski definition) is 3. The first-order valence-corrected chi connectivity index (χ1v) is 11.7. The Morgan fingerprint density at radius 1 is 1.16 bits per heavy atom. The second-order valence-electron chi connectivity index (χ2n) is 8.44. The molecule has 0 aromatic heterocycles. The van der Waals surface area contributed by atoms with Crippen LogP contribution < -0.4 is 11.1 Å². The maximum atomic E-state index is 13.7. The third kappa shape index (κ3) is 5.99. The van der Waals surface area contributed by atoms with Crippen LogP contribution in [0, 0.1) is 5.82 Å². The van der Waals surface area contributed by atoms with E-state index in [0.717, 1.165) is 12.1 Å². The van der Waals surface area contributed by atoms with Crippen molar-refractivity contribution in [2.75, 3.05) is 19.7 Å². The Kier molecular flexibility index (Phi) is 8.69. The van der Waals surface area contributed by atoms with Crippen LogP contribution >= 0.6 is 0 Å². The molecule has 198 valence electrons. The van der Waals surface area contributed by atoms with E-state index < -0.39 is 47.9 Å². The molecule has 1 aliphatic heterocycles. The molecule has 1 aliphatic rings. The second kappa shape index (κ2) is 11.5. The number of hydrogen-bond acceptors (Lipinski definition) is 5. The smallest absolute Gasteiger partial charge is 0.400 e. The number of nitrogens with one attached hydrogen (secondary N) is 1. The number of aliphatic hydroxyl groups is 1. The fraction of sp³-hybridized carbons (Fsp3) is 0.346. The number of amidine groups is 1. The molecule has 2 amide bonds. The van der Waals surface area contributed by atoms with Crippen molar-refractivity contribution in [2.45, 2.75) is 38.4 Å². The largest absolute Gasteiger partial charge is 0.416 e. The summed E-state index contributed by atoms with van der Waals surface area (Å²) >= 11 is 0. The Morgan fingerprint density at radius 2 is 1.84 bits per heavy atom. The Bertz CT molecular complexity index is 1210. The van der Waals surface area contributed by atoms with Gasteiger partial charge in [0.2, 0.25) is 0 Å². The molecular formula is C26H28F4N4O3. The summed E-state index contributed by atoms with van der Waals surface area (Å²) < 4.78 is 53.4. The first-order valence-electron chi connectivity index (χ1n) is 11.7.